The van der Waals surface area contributed by atoms with Gasteiger partial charge in [-0.15, -0.1) is 11.8 Å². The molecule has 2 aliphatic heterocycles. The molecule has 1 aromatic carbocycles. The van der Waals surface area contributed by atoms with Crippen molar-refractivity contribution < 1.29 is 49.4 Å². The summed E-state index contributed by atoms with van der Waals surface area (Å²) in [5.74, 6) is -1.91. The quantitative estimate of drug-likeness (QED) is 0.251. The molecule has 8 heteroatoms. The molecular formula is C17H19N2NaO4S. The summed E-state index contributed by atoms with van der Waals surface area (Å²) in [7, 11) is 0. The number of hydrogen-bond donors (Lipinski definition) is 2. The number of thioether (sulfide) groups is 1. The average Bonchev–Trinajstić information content (AvgIpc) is 2.76. The number of nitrogens with zero attached hydrogens (tertiary/aromatic N) is 1. The van der Waals surface area contributed by atoms with E-state index in [2.05, 4.69) is 0 Å². The van der Waals surface area contributed by atoms with Crippen LogP contribution in [-0.2, 0) is 9.59 Å². The van der Waals surface area contributed by atoms with Gasteiger partial charge in [0.15, 0.2) is 0 Å². The molecule has 0 unspecified atom stereocenters. The number of carbonyl (C=O) groups excluding carboxylic acids is 2. The zero-order valence-electron chi connectivity index (χ0n) is 14.4. The Morgan fingerprint density at radius 2 is 2.00 bits per heavy atom. The van der Waals surface area contributed by atoms with Crippen LogP contribution in [0.2, 0.25) is 0 Å². The topological polar surface area (TPSA) is 107 Å². The molecule has 6 nitrogen and oxygen atoms in total. The van der Waals surface area contributed by atoms with E-state index in [4.69, 9.17) is 5.73 Å². The molecule has 1 aromatic rings. The number of β-lactam (4-membered cyclic amide) rings is 1. The molecule has 3 rings (SSSR count). The van der Waals surface area contributed by atoms with E-state index in [0.717, 1.165) is 4.90 Å². The number of rotatable bonds is 5. The molecule has 4 atom stereocenters. The molecule has 0 radical (unpaired) electrons. The van der Waals surface area contributed by atoms with Gasteiger partial charge in [0.2, 0.25) is 5.91 Å². The molecule has 1 amide bonds. The van der Waals surface area contributed by atoms with E-state index in [1.807, 2.05) is 19.1 Å². The fraction of sp³-hybridized carbons (Fsp3) is 0.412. The number of fused-ring (bicyclic) bond motifs is 1. The number of hydrogen-bond acceptors (Lipinski definition) is 6. The van der Waals surface area contributed by atoms with Gasteiger partial charge in [-0.2, -0.15) is 0 Å². The Morgan fingerprint density at radius 1 is 1.40 bits per heavy atom. The van der Waals surface area contributed by atoms with Crippen LogP contribution in [0.15, 0.2) is 40.4 Å². The standard InChI is InChI=1S/C17H20N2O4S.Na/c1-8-12(7-24-11-5-3-10(18)4-6-11)15(17(22)23)19-14(8)13(9(2)20)16(19)21;/h3-6,8-9,13-14,20H,7,18H2,1-2H3,(H,22,23);/q;+1/p-1/t8-,9+,13+,14+;/m0./s1. The summed E-state index contributed by atoms with van der Waals surface area (Å²) in [6.45, 7) is 3.46. The van der Waals surface area contributed by atoms with E-state index in [1.54, 1.807) is 19.1 Å². The molecule has 3 N–H and O–H groups in total. The van der Waals surface area contributed by atoms with Crippen molar-refractivity contribution in [2.24, 2.45) is 11.8 Å². The smallest absolute Gasteiger partial charge is 0.543 e. The largest absolute Gasteiger partial charge is 1.00 e. The van der Waals surface area contributed by atoms with Gasteiger partial charge in [-0.25, -0.2) is 0 Å². The van der Waals surface area contributed by atoms with E-state index in [1.165, 1.54) is 16.7 Å². The maximum Gasteiger partial charge on any atom is 1.00 e. The van der Waals surface area contributed by atoms with Gasteiger partial charge >= 0.3 is 29.6 Å². The first-order chi connectivity index (χ1) is 11.3. The third-order valence-electron chi connectivity index (χ3n) is 4.78. The average molecular weight is 370 g/mol. The van der Waals surface area contributed by atoms with Gasteiger partial charge < -0.3 is 25.6 Å². The van der Waals surface area contributed by atoms with Crippen molar-refractivity contribution in [3.63, 3.8) is 0 Å². The Labute approximate surface area is 172 Å². The van der Waals surface area contributed by atoms with Crippen molar-refractivity contribution in [1.82, 2.24) is 4.90 Å². The minimum Gasteiger partial charge on any atom is -0.543 e. The number of aliphatic hydroxyl groups is 1. The van der Waals surface area contributed by atoms with Crippen LogP contribution >= 0.6 is 11.8 Å². The Hall–Kier alpha value is -0.990. The molecule has 1 saturated heterocycles. The maximum atomic E-state index is 12.2. The summed E-state index contributed by atoms with van der Waals surface area (Å²) < 4.78 is 0. The van der Waals surface area contributed by atoms with Crippen molar-refractivity contribution in [2.75, 3.05) is 11.5 Å². The summed E-state index contributed by atoms with van der Waals surface area (Å²) in [5, 5.41) is 21.4. The number of amides is 1. The van der Waals surface area contributed by atoms with Gasteiger partial charge in [0, 0.05) is 22.3 Å². The molecule has 2 aliphatic rings. The van der Waals surface area contributed by atoms with Crippen molar-refractivity contribution in [1.29, 1.82) is 0 Å². The molecule has 0 aliphatic carbocycles. The number of nitrogen functional groups attached to an aromatic ring is 1. The van der Waals surface area contributed by atoms with Crippen LogP contribution in [0.5, 0.6) is 0 Å². The molecule has 0 spiro atoms. The molecule has 2 heterocycles. The monoisotopic (exact) mass is 370 g/mol. The molecule has 1 fully saturated rings. The third kappa shape index (κ3) is 3.48. The van der Waals surface area contributed by atoms with E-state index < -0.39 is 18.0 Å². The molecule has 25 heavy (non-hydrogen) atoms. The maximum absolute atomic E-state index is 12.2. The number of benzene rings is 1. The van der Waals surface area contributed by atoms with E-state index in [9.17, 15) is 19.8 Å². The van der Waals surface area contributed by atoms with Crippen molar-refractivity contribution in [3.05, 3.63) is 35.5 Å². The van der Waals surface area contributed by atoms with Gasteiger partial charge in [-0.05, 0) is 36.8 Å². The molecule has 0 aromatic heterocycles. The van der Waals surface area contributed by atoms with Gasteiger partial charge in [-0.1, -0.05) is 6.92 Å². The van der Waals surface area contributed by atoms with E-state index in [-0.39, 0.29) is 53.1 Å². The second-order valence-corrected chi connectivity index (χ2v) is 7.32. The van der Waals surface area contributed by atoms with Crippen LogP contribution in [0.4, 0.5) is 5.69 Å². The van der Waals surface area contributed by atoms with Crippen LogP contribution in [0.1, 0.15) is 13.8 Å². The summed E-state index contributed by atoms with van der Waals surface area (Å²) in [4.78, 5) is 26.1. The SMILES string of the molecule is C[C@@H](O)[C@H]1C(=O)N2C(C(=O)[O-])=C(CSc3ccc(N)cc3)[C@H](C)[C@H]12.[Na+]. The second kappa shape index (κ2) is 7.72. The van der Waals surface area contributed by atoms with Gasteiger partial charge in [0.05, 0.1) is 29.7 Å². The molecule has 128 valence electrons. The van der Waals surface area contributed by atoms with Crippen LogP contribution < -0.4 is 40.4 Å². The van der Waals surface area contributed by atoms with Crippen LogP contribution in [0.25, 0.3) is 0 Å². The predicted octanol–water partition coefficient (Wildman–Crippen LogP) is -2.77. The minimum absolute atomic E-state index is 0. The Bertz CT molecular complexity index is 720. The molecular weight excluding hydrogens is 351 g/mol. The van der Waals surface area contributed by atoms with Crippen molar-refractivity contribution >= 4 is 29.3 Å². The fourth-order valence-electron chi connectivity index (χ4n) is 3.55. The Kier molecular flexibility index (Phi) is 6.27. The third-order valence-corrected chi connectivity index (χ3v) is 5.84. The minimum atomic E-state index is -1.34. The molecule has 0 saturated carbocycles. The summed E-state index contributed by atoms with van der Waals surface area (Å²) in [5.41, 5.74) is 6.97. The number of aliphatic carboxylic acids is 1. The van der Waals surface area contributed by atoms with Gasteiger partial charge in [0.1, 0.15) is 0 Å². The second-order valence-electron chi connectivity index (χ2n) is 6.27. The Balaban J connectivity index is 0.00000225. The zero-order chi connectivity index (χ0) is 17.6. The summed E-state index contributed by atoms with van der Waals surface area (Å²) >= 11 is 1.49. The summed E-state index contributed by atoms with van der Waals surface area (Å²) in [6.07, 6.45) is -0.798. The van der Waals surface area contributed by atoms with Gasteiger partial charge in [-0.3, -0.25) is 4.79 Å². The predicted molar refractivity (Wildman–Crippen MR) is 88.6 cm³/mol. The number of nitrogens with two attached hydrogens (primary N) is 1. The van der Waals surface area contributed by atoms with Crippen molar-refractivity contribution in [3.8, 4) is 0 Å². The summed E-state index contributed by atoms with van der Waals surface area (Å²) in [6, 6.07) is 7.02. The fourth-order valence-corrected chi connectivity index (χ4v) is 4.60. The first kappa shape index (κ1) is 20.3. The number of aliphatic hydroxyl groups excluding tert-OH is 1. The molecule has 0 bridgehead atoms. The van der Waals surface area contributed by atoms with Crippen LogP contribution in [-0.4, -0.2) is 39.8 Å². The first-order valence-electron chi connectivity index (χ1n) is 7.76. The van der Waals surface area contributed by atoms with Crippen LogP contribution in [0.3, 0.4) is 0 Å². The van der Waals surface area contributed by atoms with Crippen LogP contribution in [0, 0.1) is 11.8 Å². The van der Waals surface area contributed by atoms with Crippen molar-refractivity contribution in [2.45, 2.75) is 30.9 Å². The number of carboxylic acid groups (broad SMARTS) is 1. The number of anilines is 1. The first-order valence-corrected chi connectivity index (χ1v) is 8.75. The van der Waals surface area contributed by atoms with E-state index >= 15 is 0 Å². The number of carboxylic acids is 1. The number of carbonyl (C=O) groups is 2. The Morgan fingerprint density at radius 3 is 2.52 bits per heavy atom. The zero-order valence-corrected chi connectivity index (χ0v) is 17.2. The van der Waals surface area contributed by atoms with Gasteiger partial charge in [0.25, 0.3) is 0 Å². The van der Waals surface area contributed by atoms with E-state index in [0.29, 0.717) is 17.0 Å². The normalized spacial score (nSPS) is 26.0.